The van der Waals surface area contributed by atoms with E-state index >= 15 is 0 Å². The summed E-state index contributed by atoms with van der Waals surface area (Å²) in [5.74, 6) is -3.20. The number of alkyl halides is 3. The molecule has 2 fully saturated rings. The van der Waals surface area contributed by atoms with E-state index in [0.29, 0.717) is 61.4 Å². The Bertz CT molecular complexity index is 2150. The lowest BCUT2D eigenvalue weighted by Crippen LogP contribution is -2.37. The van der Waals surface area contributed by atoms with E-state index in [0.717, 1.165) is 12.7 Å². The van der Waals surface area contributed by atoms with Crippen molar-refractivity contribution in [2.45, 2.75) is 31.0 Å². The third-order valence-corrected chi connectivity index (χ3v) is 8.97. The fraction of sp³-hybridized carbons (Fsp3) is 0.324. The van der Waals surface area contributed by atoms with Crippen LogP contribution in [0, 0.1) is 0 Å². The van der Waals surface area contributed by atoms with Crippen LogP contribution in [0.25, 0.3) is 0 Å². The molecular weight excluding hydrogens is 789 g/mol. The Labute approximate surface area is 333 Å². The van der Waals surface area contributed by atoms with Gasteiger partial charge in [-0.3, -0.25) is 14.4 Å². The van der Waals surface area contributed by atoms with E-state index in [9.17, 15) is 32.3 Å². The molecule has 2 aromatic heterocycles. The summed E-state index contributed by atoms with van der Waals surface area (Å²) in [6, 6.07) is 15.5. The molecule has 0 atom stereocenters. The van der Waals surface area contributed by atoms with Crippen molar-refractivity contribution in [3.63, 3.8) is 0 Å². The van der Waals surface area contributed by atoms with Crippen LogP contribution in [0.3, 0.4) is 0 Å². The second-order valence-corrected chi connectivity index (χ2v) is 13.3. The third-order valence-electron chi connectivity index (χ3n) is 8.72. The Balaban J connectivity index is 1.06. The van der Waals surface area contributed by atoms with Crippen LogP contribution in [0.5, 0.6) is 6.01 Å². The van der Waals surface area contributed by atoms with E-state index < -0.39 is 48.0 Å². The lowest BCUT2D eigenvalue weighted by molar-refractivity contribution is -0.154. The van der Waals surface area contributed by atoms with Gasteiger partial charge in [-0.05, 0) is 66.9 Å². The SMILES string of the molecule is COC(=O)/C(CCNC(=O)C(=O)Nc1ccc(N2CCOCC2)nc1)=N\C(=O)c1ccc(Nc2nc(NC3(c4ccc(Cl)cc4)CC3)nc(OCC(F)(F)F)n2)cc1. The molecular formula is C37H36ClF3N10O7. The van der Waals surface area contributed by atoms with Crippen LogP contribution < -0.4 is 30.9 Å². The Kier molecular flexibility index (Phi) is 13.0. The molecule has 4 N–H and O–H groups in total. The molecule has 1 aliphatic carbocycles. The lowest BCUT2D eigenvalue weighted by atomic mass is 10.1. The second-order valence-electron chi connectivity index (χ2n) is 12.9. The molecule has 21 heteroatoms. The Morgan fingerprint density at radius 2 is 1.60 bits per heavy atom. The smallest absolute Gasteiger partial charge is 0.422 e. The van der Waals surface area contributed by atoms with Crippen LogP contribution in [0.2, 0.25) is 5.02 Å². The number of aliphatic imine (C=N–C) groups is 1. The zero-order valence-corrected chi connectivity index (χ0v) is 31.5. The number of ether oxygens (including phenoxy) is 3. The molecule has 2 aromatic carbocycles. The number of nitrogens with one attached hydrogen (secondary N) is 4. The maximum absolute atomic E-state index is 13.1. The molecule has 0 radical (unpaired) electrons. The van der Waals surface area contributed by atoms with Crippen LogP contribution in [-0.4, -0.2) is 102 Å². The average Bonchev–Trinajstić information content (AvgIpc) is 4.00. The number of hydrogen-bond acceptors (Lipinski definition) is 14. The Morgan fingerprint density at radius 3 is 2.24 bits per heavy atom. The van der Waals surface area contributed by atoms with Gasteiger partial charge in [-0.2, -0.15) is 28.1 Å². The van der Waals surface area contributed by atoms with Crippen LogP contribution in [-0.2, 0) is 29.4 Å². The van der Waals surface area contributed by atoms with Crippen molar-refractivity contribution in [1.29, 1.82) is 0 Å². The molecule has 0 spiro atoms. The number of esters is 1. The number of carbonyl (C=O) groups is 4. The van der Waals surface area contributed by atoms with E-state index in [4.69, 9.17) is 25.8 Å². The largest absolute Gasteiger partial charge is 0.465 e. The van der Waals surface area contributed by atoms with Gasteiger partial charge in [0.05, 0.1) is 37.7 Å². The summed E-state index contributed by atoms with van der Waals surface area (Å²) in [4.78, 5) is 73.0. The predicted octanol–water partition coefficient (Wildman–Crippen LogP) is 4.44. The molecule has 0 bridgehead atoms. The Morgan fingerprint density at radius 1 is 0.914 bits per heavy atom. The maximum Gasteiger partial charge on any atom is 0.422 e. The first kappa shape index (κ1) is 41.2. The minimum atomic E-state index is -4.65. The van der Waals surface area contributed by atoms with Crippen LogP contribution in [0.4, 0.5) is 42.3 Å². The fourth-order valence-corrected chi connectivity index (χ4v) is 5.73. The summed E-state index contributed by atoms with van der Waals surface area (Å²) < 4.78 is 53.8. The number of methoxy groups -OCH3 is 1. The number of anilines is 5. The molecule has 17 nitrogen and oxygen atoms in total. The zero-order chi connectivity index (χ0) is 41.3. The van der Waals surface area contributed by atoms with Gasteiger partial charge >= 0.3 is 30.0 Å². The summed E-state index contributed by atoms with van der Waals surface area (Å²) in [6.07, 6.45) is -2.07. The number of pyridine rings is 1. The molecule has 3 amide bonds. The first-order valence-corrected chi connectivity index (χ1v) is 18.1. The summed E-state index contributed by atoms with van der Waals surface area (Å²) in [5.41, 5.74) is 0.681. The predicted molar refractivity (Wildman–Crippen MR) is 204 cm³/mol. The van der Waals surface area contributed by atoms with Gasteiger partial charge in [0.25, 0.3) is 5.91 Å². The minimum absolute atomic E-state index is 0.0397. The second kappa shape index (κ2) is 18.2. The molecule has 4 aromatic rings. The molecule has 2 aliphatic rings. The van der Waals surface area contributed by atoms with Crippen molar-refractivity contribution in [3.8, 4) is 6.01 Å². The van der Waals surface area contributed by atoms with Gasteiger partial charge in [-0.15, -0.1) is 0 Å². The van der Waals surface area contributed by atoms with Crippen molar-refractivity contribution >= 4 is 70.1 Å². The van der Waals surface area contributed by atoms with Gasteiger partial charge in [-0.1, -0.05) is 23.7 Å². The van der Waals surface area contributed by atoms with E-state index in [2.05, 4.69) is 46.2 Å². The van der Waals surface area contributed by atoms with Gasteiger partial charge in [-0.25, -0.2) is 14.8 Å². The standard InChI is InChI=1S/C37H36ClF3N10O7/c1-56-32(55)27(12-15-42-30(53)31(54)44-26-10-11-28(43-20-26)51-16-18-57-19-17-51)46-29(52)22-2-8-25(9-3-22)45-33-47-34(49-35(48-33)58-21-37(39,40)41)50-36(13-14-36)23-4-6-24(38)7-5-23/h2-11,20H,12-19,21H2,1H3,(H,42,53)(H,44,54)(H2,45,47,48,49,50)/b46-27-. The van der Waals surface area contributed by atoms with Crippen molar-refractivity contribution in [3.05, 3.63) is 83.0 Å². The van der Waals surface area contributed by atoms with Crippen molar-refractivity contribution in [2.75, 3.05) is 67.4 Å². The van der Waals surface area contributed by atoms with E-state index in [1.54, 1.807) is 24.3 Å². The van der Waals surface area contributed by atoms with Crippen molar-refractivity contribution < 1.29 is 46.6 Å². The molecule has 6 rings (SSSR count). The van der Waals surface area contributed by atoms with Crippen molar-refractivity contribution in [2.24, 2.45) is 4.99 Å². The summed E-state index contributed by atoms with van der Waals surface area (Å²) in [7, 11) is 1.09. The van der Waals surface area contributed by atoms with Gasteiger partial charge in [0, 0.05) is 42.3 Å². The molecule has 1 aliphatic heterocycles. The number of carbonyl (C=O) groups excluding carboxylic acids is 4. The number of morpholine rings is 1. The molecule has 1 saturated carbocycles. The van der Waals surface area contributed by atoms with E-state index in [-0.39, 0.29) is 36.1 Å². The topological polar surface area (TPSA) is 211 Å². The van der Waals surface area contributed by atoms with Gasteiger partial charge < -0.3 is 40.4 Å². The highest BCUT2D eigenvalue weighted by Gasteiger charge is 2.45. The normalized spacial score (nSPS) is 14.8. The minimum Gasteiger partial charge on any atom is -0.465 e. The molecule has 0 unspecified atom stereocenters. The quantitative estimate of drug-likeness (QED) is 0.0787. The monoisotopic (exact) mass is 824 g/mol. The zero-order valence-electron chi connectivity index (χ0n) is 30.8. The molecule has 1 saturated heterocycles. The summed E-state index contributed by atoms with van der Waals surface area (Å²) >= 11 is 6.03. The maximum atomic E-state index is 13.1. The van der Waals surface area contributed by atoms with E-state index in [1.807, 2.05) is 17.0 Å². The number of nitrogens with zero attached hydrogens (tertiary/aromatic N) is 6. The number of benzene rings is 2. The van der Waals surface area contributed by atoms with Crippen molar-refractivity contribution in [1.82, 2.24) is 25.3 Å². The molecule has 304 valence electrons. The third kappa shape index (κ3) is 11.3. The lowest BCUT2D eigenvalue weighted by Gasteiger charge is -2.27. The van der Waals surface area contributed by atoms with Gasteiger partial charge in [0.15, 0.2) is 6.61 Å². The molecule has 58 heavy (non-hydrogen) atoms. The number of aromatic nitrogens is 4. The van der Waals surface area contributed by atoms with Crippen LogP contribution in [0.1, 0.15) is 35.2 Å². The van der Waals surface area contributed by atoms with Gasteiger partial charge in [0.2, 0.25) is 11.9 Å². The fourth-order valence-electron chi connectivity index (χ4n) is 5.61. The number of amides is 3. The highest BCUT2D eigenvalue weighted by atomic mass is 35.5. The highest BCUT2D eigenvalue weighted by molar-refractivity contribution is 6.40. The van der Waals surface area contributed by atoms with Crippen LogP contribution >= 0.6 is 11.6 Å². The number of rotatable bonds is 14. The van der Waals surface area contributed by atoms with Crippen LogP contribution in [0.15, 0.2) is 71.9 Å². The highest BCUT2D eigenvalue weighted by Crippen LogP contribution is 2.48. The van der Waals surface area contributed by atoms with E-state index in [1.165, 1.54) is 30.5 Å². The summed E-state index contributed by atoms with van der Waals surface area (Å²) in [6.45, 7) is 0.667. The Hall–Kier alpha value is -6.41. The van der Waals surface area contributed by atoms with Gasteiger partial charge in [0.1, 0.15) is 11.5 Å². The average molecular weight is 825 g/mol. The summed E-state index contributed by atoms with van der Waals surface area (Å²) in [5, 5.41) is 11.4. The molecule has 3 heterocycles. The first-order chi connectivity index (χ1) is 27.8. The first-order valence-electron chi connectivity index (χ1n) is 17.7. The number of hydrogen-bond donors (Lipinski definition) is 4. The number of halogens is 4.